The van der Waals surface area contributed by atoms with Gasteiger partial charge >= 0.3 is 6.09 Å². The Kier molecular flexibility index (Phi) is 4.15. The molecule has 1 fully saturated rings. The van der Waals surface area contributed by atoms with Crippen molar-refractivity contribution in [2.75, 3.05) is 25.0 Å². The number of likely N-dealkylation sites (tertiary alicyclic amines) is 1. The summed E-state index contributed by atoms with van der Waals surface area (Å²) in [7, 11) is 0. The van der Waals surface area contributed by atoms with E-state index >= 15 is 0 Å². The maximum atomic E-state index is 11.0. The van der Waals surface area contributed by atoms with E-state index in [0.717, 1.165) is 29.8 Å². The Balaban J connectivity index is 1.76. The van der Waals surface area contributed by atoms with E-state index in [1.807, 2.05) is 24.3 Å². The number of nitrogens with zero attached hydrogens (tertiary/aromatic N) is 3. The summed E-state index contributed by atoms with van der Waals surface area (Å²) >= 11 is 0. The number of carbonyl (C=O) groups is 1. The van der Waals surface area contributed by atoms with Crippen LogP contribution in [0, 0.1) is 0 Å². The van der Waals surface area contributed by atoms with Crippen LogP contribution in [-0.4, -0.2) is 51.3 Å². The van der Waals surface area contributed by atoms with Crippen molar-refractivity contribution in [2.45, 2.75) is 25.4 Å². The molecule has 7 heteroatoms. The van der Waals surface area contributed by atoms with Crippen molar-refractivity contribution in [3.8, 4) is 0 Å². The molecular weight excluding hydrogens is 282 g/mol. The monoisotopic (exact) mass is 303 g/mol. The molecule has 1 aliphatic heterocycles. The van der Waals surface area contributed by atoms with Crippen molar-refractivity contribution in [3.05, 3.63) is 24.3 Å². The Hall–Kier alpha value is -2.28. The quantitative estimate of drug-likeness (QED) is 0.796. The molecule has 2 aromatic rings. The van der Waals surface area contributed by atoms with E-state index in [2.05, 4.69) is 14.9 Å². The minimum atomic E-state index is -0.839. The van der Waals surface area contributed by atoms with Gasteiger partial charge in [-0.3, -0.25) is 0 Å². The average molecular weight is 303 g/mol. The van der Waals surface area contributed by atoms with Gasteiger partial charge in [-0.2, -0.15) is 0 Å². The number of para-hydroxylation sites is 2. The number of fused-ring (bicyclic) bond motifs is 1. The van der Waals surface area contributed by atoms with Crippen molar-refractivity contribution in [1.82, 2.24) is 14.5 Å². The summed E-state index contributed by atoms with van der Waals surface area (Å²) in [5.41, 5.74) is 7.73. The van der Waals surface area contributed by atoms with Gasteiger partial charge in [0.25, 0.3) is 0 Å². The van der Waals surface area contributed by atoms with Gasteiger partial charge in [0.05, 0.1) is 11.0 Å². The van der Waals surface area contributed by atoms with Crippen LogP contribution in [-0.2, 0) is 6.54 Å². The van der Waals surface area contributed by atoms with Gasteiger partial charge in [0, 0.05) is 32.2 Å². The third-order valence-corrected chi connectivity index (χ3v) is 4.11. The Labute approximate surface area is 128 Å². The zero-order valence-corrected chi connectivity index (χ0v) is 12.4. The minimum absolute atomic E-state index is 0.240. The second kappa shape index (κ2) is 6.23. The fourth-order valence-electron chi connectivity index (χ4n) is 2.94. The van der Waals surface area contributed by atoms with Crippen LogP contribution in [0.5, 0.6) is 0 Å². The fourth-order valence-corrected chi connectivity index (χ4v) is 2.94. The molecule has 0 atom stereocenters. The second-order valence-corrected chi connectivity index (χ2v) is 5.55. The molecule has 1 aromatic heterocycles. The number of nitrogens with one attached hydrogen (secondary N) is 1. The normalized spacial score (nSPS) is 16.1. The van der Waals surface area contributed by atoms with Gasteiger partial charge < -0.3 is 25.6 Å². The topological polar surface area (TPSA) is 96.4 Å². The first-order valence-corrected chi connectivity index (χ1v) is 7.59. The highest BCUT2D eigenvalue weighted by molar-refractivity contribution is 5.78. The number of hydrogen-bond donors (Lipinski definition) is 3. The summed E-state index contributed by atoms with van der Waals surface area (Å²) in [5.74, 6) is 0.820. The summed E-state index contributed by atoms with van der Waals surface area (Å²) in [6, 6.07) is 8.23. The highest BCUT2D eigenvalue weighted by atomic mass is 16.4. The minimum Gasteiger partial charge on any atom is -0.465 e. The number of piperidine rings is 1. The number of benzene rings is 1. The molecule has 1 amide bonds. The molecular formula is C15H21N5O2. The van der Waals surface area contributed by atoms with E-state index in [1.54, 1.807) is 0 Å². The zero-order valence-electron chi connectivity index (χ0n) is 12.4. The molecule has 0 unspecified atom stereocenters. The molecule has 0 aliphatic carbocycles. The third-order valence-electron chi connectivity index (χ3n) is 4.11. The van der Waals surface area contributed by atoms with Gasteiger partial charge in [0.2, 0.25) is 5.95 Å². The van der Waals surface area contributed by atoms with Crippen LogP contribution < -0.4 is 11.1 Å². The van der Waals surface area contributed by atoms with Gasteiger partial charge in [0.1, 0.15) is 0 Å². The molecule has 118 valence electrons. The van der Waals surface area contributed by atoms with Crippen molar-refractivity contribution < 1.29 is 9.90 Å². The average Bonchev–Trinajstić information content (AvgIpc) is 2.86. The molecule has 22 heavy (non-hydrogen) atoms. The first-order valence-electron chi connectivity index (χ1n) is 7.59. The molecule has 4 N–H and O–H groups in total. The highest BCUT2D eigenvalue weighted by Crippen LogP contribution is 2.22. The van der Waals surface area contributed by atoms with Crippen molar-refractivity contribution in [2.24, 2.45) is 5.73 Å². The number of rotatable bonds is 4. The molecule has 0 saturated carbocycles. The Morgan fingerprint density at radius 2 is 2.09 bits per heavy atom. The maximum absolute atomic E-state index is 11.0. The van der Waals surface area contributed by atoms with E-state index in [9.17, 15) is 4.79 Å². The molecule has 0 radical (unpaired) electrons. The standard InChI is InChI=1S/C15H21N5O2/c16-7-10-20-13-4-2-1-3-12(13)18-14(20)17-11-5-8-19(9-6-11)15(21)22/h1-4,11H,5-10,16H2,(H,17,18)(H,21,22). The molecule has 0 spiro atoms. The number of amides is 1. The number of anilines is 1. The SMILES string of the molecule is NCCn1c(NC2CCN(C(=O)O)CC2)nc2ccccc21. The Morgan fingerprint density at radius 3 is 2.77 bits per heavy atom. The number of carboxylic acid groups (broad SMARTS) is 1. The van der Waals surface area contributed by atoms with Crippen LogP contribution in [0.2, 0.25) is 0 Å². The number of aromatic nitrogens is 2. The van der Waals surface area contributed by atoms with E-state index in [1.165, 1.54) is 4.90 Å². The van der Waals surface area contributed by atoms with Crippen LogP contribution >= 0.6 is 0 Å². The fraction of sp³-hybridized carbons (Fsp3) is 0.467. The summed E-state index contributed by atoms with van der Waals surface area (Å²) in [4.78, 5) is 17.1. The summed E-state index contributed by atoms with van der Waals surface area (Å²) in [6.45, 7) is 2.37. The lowest BCUT2D eigenvalue weighted by Crippen LogP contribution is -2.42. The van der Waals surface area contributed by atoms with Gasteiger partial charge in [-0.05, 0) is 25.0 Å². The van der Waals surface area contributed by atoms with Crippen molar-refractivity contribution in [1.29, 1.82) is 0 Å². The van der Waals surface area contributed by atoms with Crippen molar-refractivity contribution >= 4 is 23.1 Å². The van der Waals surface area contributed by atoms with E-state index < -0.39 is 6.09 Å². The second-order valence-electron chi connectivity index (χ2n) is 5.55. The smallest absolute Gasteiger partial charge is 0.407 e. The maximum Gasteiger partial charge on any atom is 0.407 e. The highest BCUT2D eigenvalue weighted by Gasteiger charge is 2.23. The first-order chi connectivity index (χ1) is 10.7. The lowest BCUT2D eigenvalue weighted by Gasteiger charge is -2.30. The van der Waals surface area contributed by atoms with Gasteiger partial charge in [-0.15, -0.1) is 0 Å². The molecule has 0 bridgehead atoms. The number of hydrogen-bond acceptors (Lipinski definition) is 4. The Morgan fingerprint density at radius 1 is 1.36 bits per heavy atom. The van der Waals surface area contributed by atoms with E-state index in [0.29, 0.717) is 26.2 Å². The molecule has 1 aromatic carbocycles. The molecule has 2 heterocycles. The lowest BCUT2D eigenvalue weighted by molar-refractivity contribution is 0.133. The summed E-state index contributed by atoms with van der Waals surface area (Å²) < 4.78 is 2.10. The lowest BCUT2D eigenvalue weighted by atomic mass is 10.1. The molecule has 1 aliphatic rings. The predicted molar refractivity (Wildman–Crippen MR) is 85.0 cm³/mol. The van der Waals surface area contributed by atoms with Gasteiger partial charge in [0.15, 0.2) is 0 Å². The van der Waals surface area contributed by atoms with Crippen molar-refractivity contribution in [3.63, 3.8) is 0 Å². The first kappa shape index (κ1) is 14.6. The molecule has 3 rings (SSSR count). The van der Waals surface area contributed by atoms with Crippen LogP contribution in [0.4, 0.5) is 10.7 Å². The number of nitrogens with two attached hydrogens (primary N) is 1. The molecule has 1 saturated heterocycles. The molecule has 7 nitrogen and oxygen atoms in total. The van der Waals surface area contributed by atoms with E-state index in [4.69, 9.17) is 10.8 Å². The summed E-state index contributed by atoms with van der Waals surface area (Å²) in [6.07, 6.45) is 0.741. The third kappa shape index (κ3) is 2.85. The van der Waals surface area contributed by atoms with Crippen LogP contribution in [0.3, 0.4) is 0 Å². The predicted octanol–water partition coefficient (Wildman–Crippen LogP) is 1.55. The Bertz CT molecular complexity index is 661. The summed E-state index contributed by atoms with van der Waals surface area (Å²) in [5, 5.41) is 12.5. The van der Waals surface area contributed by atoms with Crippen LogP contribution in [0.15, 0.2) is 24.3 Å². The zero-order chi connectivity index (χ0) is 15.5. The van der Waals surface area contributed by atoms with Gasteiger partial charge in [-0.25, -0.2) is 9.78 Å². The largest absolute Gasteiger partial charge is 0.465 e. The van der Waals surface area contributed by atoms with Crippen LogP contribution in [0.25, 0.3) is 11.0 Å². The van der Waals surface area contributed by atoms with E-state index in [-0.39, 0.29) is 6.04 Å². The van der Waals surface area contributed by atoms with Gasteiger partial charge in [-0.1, -0.05) is 12.1 Å². The van der Waals surface area contributed by atoms with Crippen LogP contribution in [0.1, 0.15) is 12.8 Å². The number of imidazole rings is 1.